The Kier molecular flexibility index (Phi) is 7.16. The summed E-state index contributed by atoms with van der Waals surface area (Å²) in [4.78, 5) is 4.35. The molecule has 0 saturated heterocycles. The summed E-state index contributed by atoms with van der Waals surface area (Å²) in [5, 5.41) is 3.08. The lowest BCUT2D eigenvalue weighted by Gasteiger charge is -2.10. The zero-order valence-electron chi connectivity index (χ0n) is 13.0. The number of hydrogen-bond donors (Lipinski definition) is 2. The van der Waals surface area contributed by atoms with Gasteiger partial charge >= 0.3 is 0 Å². The van der Waals surface area contributed by atoms with Gasteiger partial charge in [0.15, 0.2) is 17.5 Å². The molecule has 0 atom stereocenters. The number of nitrogens with zero attached hydrogens (tertiary/aromatic N) is 1. The van der Waals surface area contributed by atoms with Gasteiger partial charge < -0.3 is 20.5 Å². The van der Waals surface area contributed by atoms with Crippen molar-refractivity contribution in [3.8, 4) is 11.5 Å². The molecule has 24 heavy (non-hydrogen) atoms. The third kappa shape index (κ3) is 5.27. The smallest absolute Gasteiger partial charge is 0.193 e. The molecule has 1 aliphatic rings. The van der Waals surface area contributed by atoms with Gasteiger partial charge in [-0.3, -0.25) is 0 Å². The fourth-order valence-corrected chi connectivity index (χ4v) is 2.46. The van der Waals surface area contributed by atoms with Crippen molar-refractivity contribution < 1.29 is 9.47 Å². The molecule has 0 bridgehead atoms. The van der Waals surface area contributed by atoms with Crippen LogP contribution < -0.4 is 20.5 Å². The lowest BCUT2D eigenvalue weighted by atomic mass is 10.2. The first kappa shape index (κ1) is 18.9. The minimum Gasteiger partial charge on any atom is -0.490 e. The summed E-state index contributed by atoms with van der Waals surface area (Å²) in [6, 6.07) is 13.6. The lowest BCUT2D eigenvalue weighted by Crippen LogP contribution is -2.22. The molecule has 0 aliphatic carbocycles. The number of rotatable bonds is 3. The highest BCUT2D eigenvalue weighted by atomic mass is 127. The van der Waals surface area contributed by atoms with Crippen LogP contribution in [0.3, 0.4) is 0 Å². The molecule has 0 aromatic heterocycles. The minimum absolute atomic E-state index is 0. The van der Waals surface area contributed by atoms with E-state index < -0.39 is 0 Å². The number of ether oxygens (including phenoxy) is 2. The van der Waals surface area contributed by atoms with Gasteiger partial charge in [0, 0.05) is 22.6 Å². The van der Waals surface area contributed by atoms with Crippen LogP contribution in [0, 0.1) is 0 Å². The van der Waals surface area contributed by atoms with Gasteiger partial charge in [-0.2, -0.15) is 0 Å². The monoisotopic (exact) mass is 503 g/mol. The average molecular weight is 504 g/mol. The zero-order chi connectivity index (χ0) is 16.1. The molecule has 5 nitrogen and oxygen atoms in total. The molecule has 3 rings (SSSR count). The van der Waals surface area contributed by atoms with Crippen LogP contribution in [-0.2, 0) is 6.54 Å². The highest BCUT2D eigenvalue weighted by Crippen LogP contribution is 2.32. The van der Waals surface area contributed by atoms with E-state index in [1.165, 1.54) is 0 Å². The second kappa shape index (κ2) is 9.12. The predicted octanol–water partition coefficient (Wildman–Crippen LogP) is 4.16. The normalized spacial score (nSPS) is 13.6. The molecule has 1 heterocycles. The van der Waals surface area contributed by atoms with E-state index in [0.29, 0.717) is 25.7 Å². The Morgan fingerprint density at radius 3 is 2.54 bits per heavy atom. The van der Waals surface area contributed by atoms with Crippen LogP contribution in [0.5, 0.6) is 11.5 Å². The highest BCUT2D eigenvalue weighted by molar-refractivity contribution is 14.0. The molecule has 0 saturated carbocycles. The Morgan fingerprint density at radius 1 is 1.08 bits per heavy atom. The summed E-state index contributed by atoms with van der Waals surface area (Å²) in [6.45, 7) is 1.86. The van der Waals surface area contributed by atoms with Crippen molar-refractivity contribution >= 4 is 51.6 Å². The molecule has 2 aromatic rings. The van der Waals surface area contributed by atoms with Gasteiger partial charge in [-0.05, 0) is 29.8 Å². The van der Waals surface area contributed by atoms with Crippen molar-refractivity contribution in [2.45, 2.75) is 13.0 Å². The van der Waals surface area contributed by atoms with E-state index in [-0.39, 0.29) is 24.0 Å². The minimum atomic E-state index is 0. The summed E-state index contributed by atoms with van der Waals surface area (Å²) in [6.07, 6.45) is 0.883. The fraction of sp³-hybridized carbons (Fsp3) is 0.235. The zero-order valence-corrected chi connectivity index (χ0v) is 16.9. The SMILES string of the molecule is I.NC(=NCc1ccc(Br)cc1)Nc1ccc2c(c1)OCCCO2. The molecule has 0 unspecified atom stereocenters. The van der Waals surface area contributed by atoms with Crippen LogP contribution in [0.2, 0.25) is 0 Å². The van der Waals surface area contributed by atoms with E-state index in [2.05, 4.69) is 26.2 Å². The molecule has 2 aromatic carbocycles. The van der Waals surface area contributed by atoms with Crippen molar-refractivity contribution in [3.63, 3.8) is 0 Å². The van der Waals surface area contributed by atoms with E-state index >= 15 is 0 Å². The number of halogens is 2. The summed E-state index contributed by atoms with van der Waals surface area (Å²) in [7, 11) is 0. The number of benzene rings is 2. The maximum absolute atomic E-state index is 5.95. The average Bonchev–Trinajstić information content (AvgIpc) is 2.79. The van der Waals surface area contributed by atoms with Crippen molar-refractivity contribution in [2.75, 3.05) is 18.5 Å². The topological polar surface area (TPSA) is 68.9 Å². The Labute approximate surface area is 166 Å². The van der Waals surface area contributed by atoms with E-state index in [1.54, 1.807) is 0 Å². The number of hydrogen-bond acceptors (Lipinski definition) is 3. The van der Waals surface area contributed by atoms with Gasteiger partial charge in [0.05, 0.1) is 19.8 Å². The molecule has 1 aliphatic heterocycles. The maximum atomic E-state index is 5.95. The Hall–Kier alpha value is -1.48. The number of aliphatic imine (C=N–C) groups is 1. The Bertz CT molecular complexity index is 707. The molecule has 3 N–H and O–H groups in total. The number of fused-ring (bicyclic) bond motifs is 1. The van der Waals surface area contributed by atoms with Crippen LogP contribution in [0.4, 0.5) is 5.69 Å². The van der Waals surface area contributed by atoms with Crippen molar-refractivity contribution in [2.24, 2.45) is 10.7 Å². The third-order valence-corrected chi connectivity index (χ3v) is 3.89. The number of guanidine groups is 1. The first-order chi connectivity index (χ1) is 11.2. The van der Waals surface area contributed by atoms with Crippen LogP contribution >= 0.6 is 39.9 Å². The molecular formula is C17H19BrIN3O2. The maximum Gasteiger partial charge on any atom is 0.193 e. The van der Waals surface area contributed by atoms with Gasteiger partial charge in [0.2, 0.25) is 0 Å². The second-order valence-electron chi connectivity index (χ2n) is 5.16. The van der Waals surface area contributed by atoms with Gasteiger partial charge in [-0.25, -0.2) is 4.99 Å². The van der Waals surface area contributed by atoms with E-state index in [0.717, 1.165) is 33.6 Å². The standard InChI is InChI=1S/C17H18BrN3O2.HI/c18-13-4-2-12(3-5-13)11-20-17(19)21-14-6-7-15-16(10-14)23-9-1-8-22-15;/h2-7,10H,1,8-9,11H2,(H3,19,20,21);1H. The van der Waals surface area contributed by atoms with Crippen molar-refractivity contribution in [1.29, 1.82) is 0 Å². The number of nitrogens with one attached hydrogen (secondary N) is 1. The number of anilines is 1. The van der Waals surface area contributed by atoms with E-state index in [9.17, 15) is 0 Å². The molecule has 7 heteroatoms. The molecule has 0 radical (unpaired) electrons. The van der Waals surface area contributed by atoms with Crippen LogP contribution in [0.25, 0.3) is 0 Å². The van der Waals surface area contributed by atoms with Crippen molar-refractivity contribution in [1.82, 2.24) is 0 Å². The van der Waals surface area contributed by atoms with Gasteiger partial charge in [0.25, 0.3) is 0 Å². The van der Waals surface area contributed by atoms with Crippen molar-refractivity contribution in [3.05, 3.63) is 52.5 Å². The second-order valence-corrected chi connectivity index (χ2v) is 6.08. The molecule has 0 fully saturated rings. The predicted molar refractivity (Wildman–Crippen MR) is 111 cm³/mol. The molecular weight excluding hydrogens is 485 g/mol. The third-order valence-electron chi connectivity index (χ3n) is 3.37. The largest absolute Gasteiger partial charge is 0.490 e. The molecule has 128 valence electrons. The first-order valence-corrected chi connectivity index (χ1v) is 8.21. The van der Waals surface area contributed by atoms with Crippen LogP contribution in [-0.4, -0.2) is 19.2 Å². The summed E-state index contributed by atoms with van der Waals surface area (Å²) in [5.41, 5.74) is 7.87. The van der Waals surface area contributed by atoms with Gasteiger partial charge in [-0.15, -0.1) is 24.0 Å². The highest BCUT2D eigenvalue weighted by Gasteiger charge is 2.10. The van der Waals surface area contributed by atoms with E-state index in [4.69, 9.17) is 15.2 Å². The van der Waals surface area contributed by atoms with Crippen LogP contribution in [0.1, 0.15) is 12.0 Å². The van der Waals surface area contributed by atoms with Crippen LogP contribution in [0.15, 0.2) is 51.9 Å². The summed E-state index contributed by atoms with van der Waals surface area (Å²) in [5.74, 6) is 1.86. The van der Waals surface area contributed by atoms with Gasteiger partial charge in [0.1, 0.15) is 0 Å². The summed E-state index contributed by atoms with van der Waals surface area (Å²) >= 11 is 3.41. The first-order valence-electron chi connectivity index (χ1n) is 7.42. The Balaban J connectivity index is 0.00000208. The van der Waals surface area contributed by atoms with Gasteiger partial charge in [-0.1, -0.05) is 28.1 Å². The van der Waals surface area contributed by atoms with E-state index in [1.807, 2.05) is 42.5 Å². The lowest BCUT2D eigenvalue weighted by molar-refractivity contribution is 0.297. The molecule has 0 spiro atoms. The number of nitrogens with two attached hydrogens (primary N) is 1. The molecule has 0 amide bonds. The summed E-state index contributed by atoms with van der Waals surface area (Å²) < 4.78 is 12.3. The quantitative estimate of drug-likeness (QED) is 0.375. The Morgan fingerprint density at radius 2 is 1.79 bits per heavy atom. The fourth-order valence-electron chi connectivity index (χ4n) is 2.19.